The number of benzene rings is 2. The van der Waals surface area contributed by atoms with Crippen molar-refractivity contribution < 1.29 is 9.59 Å². The molecule has 0 fully saturated rings. The number of carbonyl (C=O) groups is 2. The van der Waals surface area contributed by atoms with Crippen molar-refractivity contribution in [2.24, 2.45) is 0 Å². The summed E-state index contributed by atoms with van der Waals surface area (Å²) in [7, 11) is 0. The lowest BCUT2D eigenvalue weighted by Gasteiger charge is -2.29. The summed E-state index contributed by atoms with van der Waals surface area (Å²) in [4.78, 5) is 30.5. The molecule has 0 aliphatic carbocycles. The zero-order valence-corrected chi connectivity index (χ0v) is 15.7. The van der Waals surface area contributed by atoms with Gasteiger partial charge in [0.25, 0.3) is 5.91 Å². The fourth-order valence-corrected chi connectivity index (χ4v) is 3.42. The lowest BCUT2D eigenvalue weighted by Crippen LogP contribution is -2.35. The number of nitrogens with zero attached hydrogens (tertiary/aromatic N) is 2. The maximum Gasteiger partial charge on any atom is 0.254 e. The molecule has 5 heteroatoms. The van der Waals surface area contributed by atoms with E-state index in [0.29, 0.717) is 30.0 Å². The highest BCUT2D eigenvalue weighted by Crippen LogP contribution is 2.22. The first-order chi connectivity index (χ1) is 13.6. The molecule has 5 nitrogen and oxygen atoms in total. The van der Waals surface area contributed by atoms with E-state index in [1.165, 1.54) is 18.1 Å². The maximum absolute atomic E-state index is 13.0. The Hall–Kier alpha value is -3.47. The van der Waals surface area contributed by atoms with Gasteiger partial charge in [0.05, 0.1) is 0 Å². The van der Waals surface area contributed by atoms with E-state index in [2.05, 4.69) is 22.4 Å². The van der Waals surface area contributed by atoms with Crippen LogP contribution in [0.2, 0.25) is 0 Å². The Kier molecular flexibility index (Phi) is 4.89. The molecule has 0 unspecified atom stereocenters. The maximum atomic E-state index is 13.0. The molecule has 1 N–H and O–H groups in total. The topological polar surface area (TPSA) is 62.3 Å². The first kappa shape index (κ1) is 17.9. The van der Waals surface area contributed by atoms with Crippen LogP contribution in [0.15, 0.2) is 66.9 Å². The van der Waals surface area contributed by atoms with Crippen LogP contribution < -0.4 is 5.32 Å². The molecule has 4 rings (SSSR count). The number of ketones is 1. The summed E-state index contributed by atoms with van der Waals surface area (Å²) < 4.78 is 0. The third-order valence-electron chi connectivity index (χ3n) is 4.99. The summed E-state index contributed by atoms with van der Waals surface area (Å²) in [6, 6.07) is 19.0. The van der Waals surface area contributed by atoms with E-state index in [1.54, 1.807) is 30.5 Å². The van der Waals surface area contributed by atoms with Gasteiger partial charge < -0.3 is 10.2 Å². The summed E-state index contributed by atoms with van der Waals surface area (Å²) in [5.74, 6) is 0.631. The summed E-state index contributed by atoms with van der Waals surface area (Å²) in [5, 5.41) is 3.19. The molecule has 1 amide bonds. The minimum atomic E-state index is 0.00637. The average Bonchev–Trinajstić information content (AvgIpc) is 2.73. The number of Topliss-reactive ketones (excluding diaryl/α,β-unsaturated/α-hetero) is 1. The van der Waals surface area contributed by atoms with Crippen molar-refractivity contribution in [3.63, 3.8) is 0 Å². The van der Waals surface area contributed by atoms with Gasteiger partial charge in [-0.3, -0.25) is 9.59 Å². The van der Waals surface area contributed by atoms with Gasteiger partial charge in [-0.2, -0.15) is 0 Å². The normalized spacial score (nSPS) is 13.0. The number of pyridine rings is 1. The van der Waals surface area contributed by atoms with Crippen LogP contribution in [0.4, 0.5) is 11.5 Å². The average molecular weight is 371 g/mol. The van der Waals surface area contributed by atoms with E-state index < -0.39 is 0 Å². The number of hydrogen-bond acceptors (Lipinski definition) is 4. The van der Waals surface area contributed by atoms with Crippen molar-refractivity contribution in [3.8, 4) is 0 Å². The number of carbonyl (C=O) groups excluding carboxylic acids is 2. The Labute approximate surface area is 164 Å². The lowest BCUT2D eigenvalue weighted by molar-refractivity contribution is 0.0734. The Morgan fingerprint density at radius 2 is 1.71 bits per heavy atom. The second-order valence-corrected chi connectivity index (χ2v) is 6.93. The van der Waals surface area contributed by atoms with E-state index in [4.69, 9.17) is 0 Å². The van der Waals surface area contributed by atoms with Gasteiger partial charge in [-0.25, -0.2) is 4.98 Å². The monoisotopic (exact) mass is 371 g/mol. The highest BCUT2D eigenvalue weighted by Gasteiger charge is 2.21. The van der Waals surface area contributed by atoms with Crippen molar-refractivity contribution in [1.82, 2.24) is 9.88 Å². The number of nitrogens with one attached hydrogen (secondary N) is 1. The van der Waals surface area contributed by atoms with Gasteiger partial charge in [0.1, 0.15) is 5.82 Å². The van der Waals surface area contributed by atoms with Crippen LogP contribution in [0.3, 0.4) is 0 Å². The van der Waals surface area contributed by atoms with Gasteiger partial charge in [0, 0.05) is 36.1 Å². The molecule has 28 heavy (non-hydrogen) atoms. The number of hydrogen-bond donors (Lipinski definition) is 1. The second-order valence-electron chi connectivity index (χ2n) is 6.93. The van der Waals surface area contributed by atoms with Crippen molar-refractivity contribution in [2.45, 2.75) is 19.9 Å². The molecule has 2 heterocycles. The van der Waals surface area contributed by atoms with Crippen LogP contribution in [0.25, 0.3) is 0 Å². The molecule has 0 saturated carbocycles. The molecule has 0 spiro atoms. The molecule has 1 aliphatic rings. The molecule has 2 aromatic carbocycles. The van der Waals surface area contributed by atoms with Gasteiger partial charge in [0.2, 0.25) is 0 Å². The van der Waals surface area contributed by atoms with E-state index in [1.807, 2.05) is 29.2 Å². The van der Waals surface area contributed by atoms with Crippen LogP contribution in [-0.2, 0) is 13.0 Å². The first-order valence-corrected chi connectivity index (χ1v) is 9.30. The van der Waals surface area contributed by atoms with Gasteiger partial charge in [-0.1, -0.05) is 24.3 Å². The Morgan fingerprint density at radius 1 is 0.964 bits per heavy atom. The molecule has 140 valence electrons. The number of rotatable bonds is 4. The smallest absolute Gasteiger partial charge is 0.254 e. The van der Waals surface area contributed by atoms with E-state index in [9.17, 15) is 9.59 Å². The molecular formula is C23H21N3O2. The Morgan fingerprint density at radius 3 is 2.46 bits per heavy atom. The van der Waals surface area contributed by atoms with E-state index in [-0.39, 0.29) is 11.7 Å². The SMILES string of the molecule is CC(=O)c1ccc(Nc2cc(C(=O)N3CCc4ccccc4C3)ccn2)cc1. The van der Waals surface area contributed by atoms with Gasteiger partial charge in [-0.05, 0) is 60.9 Å². The molecule has 0 saturated heterocycles. The predicted octanol–water partition coefficient (Wildman–Crippen LogP) is 4.23. The fraction of sp³-hybridized carbons (Fsp3) is 0.174. The molecule has 0 bridgehead atoms. The van der Waals surface area contributed by atoms with Crippen LogP contribution >= 0.6 is 0 Å². The molecule has 0 atom stereocenters. The van der Waals surface area contributed by atoms with Gasteiger partial charge >= 0.3 is 0 Å². The third-order valence-corrected chi connectivity index (χ3v) is 4.99. The highest BCUT2D eigenvalue weighted by atomic mass is 16.2. The quantitative estimate of drug-likeness (QED) is 0.697. The largest absolute Gasteiger partial charge is 0.340 e. The molecule has 1 aliphatic heterocycles. The Balaban J connectivity index is 1.49. The fourth-order valence-electron chi connectivity index (χ4n) is 3.42. The summed E-state index contributed by atoms with van der Waals surface area (Å²) in [6.07, 6.45) is 2.51. The zero-order chi connectivity index (χ0) is 19.5. The lowest BCUT2D eigenvalue weighted by atomic mass is 9.99. The van der Waals surface area contributed by atoms with Crippen LogP contribution in [0, 0.1) is 0 Å². The van der Waals surface area contributed by atoms with E-state index >= 15 is 0 Å². The van der Waals surface area contributed by atoms with Crippen molar-refractivity contribution >= 4 is 23.2 Å². The van der Waals surface area contributed by atoms with Gasteiger partial charge in [0.15, 0.2) is 5.78 Å². The van der Waals surface area contributed by atoms with Crippen molar-refractivity contribution in [2.75, 3.05) is 11.9 Å². The molecule has 3 aromatic rings. The molecule has 1 aromatic heterocycles. The Bertz CT molecular complexity index is 1030. The number of anilines is 2. The van der Waals surface area contributed by atoms with Gasteiger partial charge in [-0.15, -0.1) is 0 Å². The minimum absolute atomic E-state index is 0.00637. The number of amides is 1. The minimum Gasteiger partial charge on any atom is -0.340 e. The third kappa shape index (κ3) is 3.78. The standard InChI is InChI=1S/C23H21N3O2/c1-16(27)17-6-8-21(9-7-17)25-22-14-19(10-12-24-22)23(28)26-13-11-18-4-2-3-5-20(18)15-26/h2-10,12,14H,11,13,15H2,1H3,(H,24,25). The predicted molar refractivity (Wildman–Crippen MR) is 109 cm³/mol. The number of fused-ring (bicyclic) bond motifs is 1. The molecule has 0 radical (unpaired) electrons. The molecular weight excluding hydrogens is 350 g/mol. The van der Waals surface area contributed by atoms with E-state index in [0.717, 1.165) is 12.1 Å². The number of aromatic nitrogens is 1. The summed E-state index contributed by atoms with van der Waals surface area (Å²) in [5.41, 5.74) is 4.61. The zero-order valence-electron chi connectivity index (χ0n) is 15.7. The first-order valence-electron chi connectivity index (χ1n) is 9.30. The van der Waals surface area contributed by atoms with Crippen LogP contribution in [0.5, 0.6) is 0 Å². The highest BCUT2D eigenvalue weighted by molar-refractivity contribution is 5.95. The van der Waals surface area contributed by atoms with Crippen LogP contribution in [-0.4, -0.2) is 28.1 Å². The summed E-state index contributed by atoms with van der Waals surface area (Å²) >= 11 is 0. The summed E-state index contributed by atoms with van der Waals surface area (Å²) in [6.45, 7) is 2.89. The van der Waals surface area contributed by atoms with Crippen LogP contribution in [0.1, 0.15) is 38.8 Å². The second kappa shape index (κ2) is 7.64. The van der Waals surface area contributed by atoms with Crippen molar-refractivity contribution in [1.29, 1.82) is 0 Å². The van der Waals surface area contributed by atoms with Crippen molar-refractivity contribution in [3.05, 3.63) is 89.1 Å².